The molecule has 7 heteroatoms. The lowest BCUT2D eigenvalue weighted by Gasteiger charge is -2.25. The molecule has 0 spiro atoms. The van der Waals surface area contributed by atoms with Crippen LogP contribution in [0.3, 0.4) is 0 Å². The Kier molecular flexibility index (Phi) is 5.32. The van der Waals surface area contributed by atoms with E-state index in [-0.39, 0.29) is 18.7 Å². The van der Waals surface area contributed by atoms with Crippen molar-refractivity contribution in [1.82, 2.24) is 4.90 Å². The average Bonchev–Trinajstić information content (AvgIpc) is 2.74. The third-order valence-electron chi connectivity index (χ3n) is 3.65. The fourth-order valence-electron chi connectivity index (χ4n) is 2.65. The van der Waals surface area contributed by atoms with Gasteiger partial charge in [0.2, 0.25) is 5.91 Å². The molecule has 1 aromatic carbocycles. The van der Waals surface area contributed by atoms with Crippen molar-refractivity contribution in [3.63, 3.8) is 0 Å². The quantitative estimate of drug-likeness (QED) is 0.773. The van der Waals surface area contributed by atoms with Crippen LogP contribution in [0.5, 0.6) is 0 Å². The van der Waals surface area contributed by atoms with Gasteiger partial charge in [-0.05, 0) is 44.9 Å². The summed E-state index contributed by atoms with van der Waals surface area (Å²) in [4.78, 5) is 37.6. The van der Waals surface area contributed by atoms with Gasteiger partial charge in [-0.2, -0.15) is 0 Å². The maximum Gasteiger partial charge on any atom is 0.306 e. The Labute approximate surface area is 149 Å². The number of esters is 1. The molecule has 1 heterocycles. The Hall–Kier alpha value is -1.89. The van der Waals surface area contributed by atoms with E-state index in [0.717, 1.165) is 10.0 Å². The van der Waals surface area contributed by atoms with E-state index in [1.54, 1.807) is 26.8 Å². The SMILES string of the molecule is CC(C)(C)OC(=O)CC[C@@H](C(N)=O)N1Cc2ccc(Br)cc2C1=O. The lowest BCUT2D eigenvalue weighted by Crippen LogP contribution is -2.45. The highest BCUT2D eigenvalue weighted by atomic mass is 79.9. The van der Waals surface area contributed by atoms with Crippen LogP contribution in [-0.2, 0) is 20.9 Å². The van der Waals surface area contributed by atoms with Gasteiger partial charge in [0.05, 0.1) is 0 Å². The van der Waals surface area contributed by atoms with Gasteiger partial charge in [-0.15, -0.1) is 0 Å². The van der Waals surface area contributed by atoms with Crippen molar-refractivity contribution in [2.45, 2.75) is 51.8 Å². The zero-order valence-electron chi connectivity index (χ0n) is 14.0. The first-order valence-corrected chi connectivity index (χ1v) is 8.48. The van der Waals surface area contributed by atoms with Crippen molar-refractivity contribution in [2.75, 3.05) is 0 Å². The molecule has 0 saturated carbocycles. The van der Waals surface area contributed by atoms with Crippen LogP contribution < -0.4 is 5.73 Å². The lowest BCUT2D eigenvalue weighted by atomic mass is 10.1. The molecule has 1 aromatic rings. The van der Waals surface area contributed by atoms with E-state index in [2.05, 4.69) is 15.9 Å². The zero-order valence-corrected chi connectivity index (χ0v) is 15.6. The van der Waals surface area contributed by atoms with E-state index >= 15 is 0 Å². The molecule has 0 saturated heterocycles. The number of nitrogens with two attached hydrogens (primary N) is 1. The number of rotatable bonds is 5. The number of hydrogen-bond acceptors (Lipinski definition) is 4. The lowest BCUT2D eigenvalue weighted by molar-refractivity contribution is -0.155. The predicted molar refractivity (Wildman–Crippen MR) is 92.1 cm³/mol. The fourth-order valence-corrected chi connectivity index (χ4v) is 3.01. The minimum Gasteiger partial charge on any atom is -0.460 e. The molecule has 6 nitrogen and oxygen atoms in total. The second kappa shape index (κ2) is 6.93. The molecule has 2 amide bonds. The molecular formula is C17H21BrN2O4. The molecule has 0 unspecified atom stereocenters. The smallest absolute Gasteiger partial charge is 0.306 e. The van der Waals surface area contributed by atoms with E-state index in [1.807, 2.05) is 12.1 Å². The minimum atomic E-state index is -0.837. The molecule has 2 N–H and O–H groups in total. The van der Waals surface area contributed by atoms with Gasteiger partial charge >= 0.3 is 5.97 Å². The molecule has 0 fully saturated rings. The first-order valence-electron chi connectivity index (χ1n) is 7.69. The van der Waals surface area contributed by atoms with Crippen LogP contribution in [0.1, 0.15) is 49.5 Å². The van der Waals surface area contributed by atoms with Crippen LogP contribution >= 0.6 is 15.9 Å². The first-order chi connectivity index (χ1) is 11.1. The van der Waals surface area contributed by atoms with E-state index < -0.39 is 23.5 Å². The van der Waals surface area contributed by atoms with Crippen LogP contribution in [0.2, 0.25) is 0 Å². The minimum absolute atomic E-state index is 0.0225. The van der Waals surface area contributed by atoms with Crippen molar-refractivity contribution >= 4 is 33.7 Å². The third-order valence-corrected chi connectivity index (χ3v) is 4.14. The Morgan fingerprint density at radius 2 is 2.04 bits per heavy atom. The Balaban J connectivity index is 2.08. The Bertz CT molecular complexity index is 682. The highest BCUT2D eigenvalue weighted by Crippen LogP contribution is 2.28. The number of hydrogen-bond donors (Lipinski definition) is 1. The predicted octanol–water partition coefficient (Wildman–Crippen LogP) is 2.38. The van der Waals surface area contributed by atoms with Crippen LogP contribution in [0.15, 0.2) is 22.7 Å². The van der Waals surface area contributed by atoms with Gasteiger partial charge in [0.25, 0.3) is 5.91 Å². The summed E-state index contributed by atoms with van der Waals surface area (Å²) >= 11 is 3.33. The van der Waals surface area contributed by atoms with E-state index in [0.29, 0.717) is 12.1 Å². The molecule has 0 aromatic heterocycles. The van der Waals surface area contributed by atoms with E-state index in [9.17, 15) is 14.4 Å². The molecule has 1 atom stereocenters. The molecule has 2 rings (SSSR count). The van der Waals surface area contributed by atoms with Gasteiger partial charge in [0.15, 0.2) is 0 Å². The number of halogens is 1. The second-order valence-electron chi connectivity index (χ2n) is 6.78. The highest BCUT2D eigenvalue weighted by molar-refractivity contribution is 9.10. The van der Waals surface area contributed by atoms with Gasteiger partial charge in [-0.1, -0.05) is 22.0 Å². The molecule has 0 bridgehead atoms. The van der Waals surface area contributed by atoms with Crippen LogP contribution in [0.4, 0.5) is 0 Å². The van der Waals surface area contributed by atoms with Crippen molar-refractivity contribution in [2.24, 2.45) is 5.73 Å². The van der Waals surface area contributed by atoms with Crippen LogP contribution in [0, 0.1) is 0 Å². The Morgan fingerprint density at radius 1 is 1.38 bits per heavy atom. The molecule has 130 valence electrons. The molecule has 1 aliphatic heterocycles. The summed E-state index contributed by atoms with van der Waals surface area (Å²) in [6, 6.07) is 4.57. The number of carbonyl (C=O) groups is 3. The molecule has 0 radical (unpaired) electrons. The number of carbonyl (C=O) groups excluding carboxylic acids is 3. The van der Waals surface area contributed by atoms with Gasteiger partial charge in [-0.3, -0.25) is 14.4 Å². The van der Waals surface area contributed by atoms with Crippen molar-refractivity contribution < 1.29 is 19.1 Å². The monoisotopic (exact) mass is 396 g/mol. The number of ether oxygens (including phenoxy) is 1. The normalized spacial score (nSPS) is 15.2. The Morgan fingerprint density at radius 3 is 2.62 bits per heavy atom. The third kappa shape index (κ3) is 4.35. The van der Waals surface area contributed by atoms with E-state index in [4.69, 9.17) is 10.5 Å². The van der Waals surface area contributed by atoms with Crippen molar-refractivity contribution in [3.8, 4) is 0 Å². The maximum absolute atomic E-state index is 12.5. The summed E-state index contributed by atoms with van der Waals surface area (Å²) < 4.78 is 6.03. The maximum atomic E-state index is 12.5. The average molecular weight is 397 g/mol. The first kappa shape index (κ1) is 18.4. The summed E-state index contributed by atoms with van der Waals surface area (Å²) in [7, 11) is 0. The standard InChI is InChI=1S/C17H21BrN2O4/c1-17(2,3)24-14(21)7-6-13(15(19)22)20-9-10-4-5-11(18)8-12(10)16(20)23/h4-5,8,13H,6-7,9H2,1-3H3,(H2,19,22)/t13-/m0/s1. The van der Waals surface area contributed by atoms with Gasteiger partial charge in [0.1, 0.15) is 11.6 Å². The molecule has 1 aliphatic rings. The summed E-state index contributed by atoms with van der Waals surface area (Å²) in [6.45, 7) is 5.63. The largest absolute Gasteiger partial charge is 0.460 e. The van der Waals surface area contributed by atoms with Crippen LogP contribution in [0.25, 0.3) is 0 Å². The van der Waals surface area contributed by atoms with Crippen LogP contribution in [-0.4, -0.2) is 34.3 Å². The number of benzene rings is 1. The topological polar surface area (TPSA) is 89.7 Å². The fraction of sp³-hybridized carbons (Fsp3) is 0.471. The highest BCUT2D eigenvalue weighted by Gasteiger charge is 2.35. The summed E-state index contributed by atoms with van der Waals surface area (Å²) in [5.41, 5.74) is 6.26. The van der Waals surface area contributed by atoms with E-state index in [1.165, 1.54) is 4.90 Å². The van der Waals surface area contributed by atoms with Gasteiger partial charge in [-0.25, -0.2) is 0 Å². The zero-order chi connectivity index (χ0) is 18.1. The summed E-state index contributed by atoms with van der Waals surface area (Å²) in [6.07, 6.45) is 0.167. The molecule has 24 heavy (non-hydrogen) atoms. The summed E-state index contributed by atoms with van der Waals surface area (Å²) in [5.74, 6) is -1.29. The number of amides is 2. The van der Waals surface area contributed by atoms with Gasteiger partial charge in [0, 0.05) is 23.0 Å². The molecular weight excluding hydrogens is 376 g/mol. The number of nitrogens with zero attached hydrogens (tertiary/aromatic N) is 1. The number of fused-ring (bicyclic) bond motifs is 1. The molecule has 0 aliphatic carbocycles. The van der Waals surface area contributed by atoms with Gasteiger partial charge < -0.3 is 15.4 Å². The second-order valence-corrected chi connectivity index (χ2v) is 7.69. The van der Waals surface area contributed by atoms with Crippen molar-refractivity contribution in [1.29, 1.82) is 0 Å². The van der Waals surface area contributed by atoms with Crippen molar-refractivity contribution in [3.05, 3.63) is 33.8 Å². The summed E-state index contributed by atoms with van der Waals surface area (Å²) in [5, 5.41) is 0. The number of primary amides is 1.